The number of ketones is 1. The fraction of sp³-hybridized carbons (Fsp3) is 0.421. The Hall–Kier alpha value is -2.63. The summed E-state index contributed by atoms with van der Waals surface area (Å²) in [4.78, 5) is 29.1. The maximum atomic E-state index is 12.6. The van der Waals surface area contributed by atoms with Crippen molar-refractivity contribution in [3.63, 3.8) is 0 Å². The molecule has 2 rings (SSSR count). The number of para-hydroxylation sites is 2. The summed E-state index contributed by atoms with van der Waals surface area (Å²) in [5.74, 6) is -2.15. The lowest BCUT2D eigenvalue weighted by Gasteiger charge is -2.36. The number of aliphatic imine (C=N–C) groups is 1. The zero-order valence-corrected chi connectivity index (χ0v) is 14.9. The molecule has 1 atom stereocenters. The van der Waals surface area contributed by atoms with Gasteiger partial charge in [-0.15, -0.1) is 0 Å². The van der Waals surface area contributed by atoms with Gasteiger partial charge >= 0.3 is 5.97 Å². The molecule has 0 aliphatic heterocycles. The van der Waals surface area contributed by atoms with Gasteiger partial charge in [0.1, 0.15) is 23.1 Å². The van der Waals surface area contributed by atoms with Gasteiger partial charge in [-0.05, 0) is 24.0 Å². The van der Waals surface area contributed by atoms with Gasteiger partial charge in [0.05, 0.1) is 18.4 Å². The quantitative estimate of drug-likeness (QED) is 0.643. The van der Waals surface area contributed by atoms with Crippen LogP contribution in [0.2, 0.25) is 0 Å². The first-order valence-electron chi connectivity index (χ1n) is 8.13. The van der Waals surface area contributed by atoms with Crippen molar-refractivity contribution in [1.82, 2.24) is 0 Å². The second-order valence-electron chi connectivity index (χ2n) is 6.71. The second kappa shape index (κ2) is 7.09. The van der Waals surface area contributed by atoms with E-state index < -0.39 is 17.3 Å². The number of Topliss-reactive ketones (excluding diaryl/α,β-unsaturated/α-hetero) is 1. The van der Waals surface area contributed by atoms with E-state index in [0.717, 1.165) is 0 Å². The third-order valence-electron chi connectivity index (χ3n) is 4.40. The zero-order chi connectivity index (χ0) is 18.8. The van der Waals surface area contributed by atoms with E-state index in [2.05, 4.69) is 4.99 Å². The molecule has 1 aromatic rings. The molecule has 0 saturated heterocycles. The molecule has 134 valence electrons. The number of allylic oxidation sites excluding steroid dienone is 1. The molecular formula is C19H23NO5. The second-order valence-corrected chi connectivity index (χ2v) is 6.71. The van der Waals surface area contributed by atoms with Crippen LogP contribution < -0.4 is 0 Å². The minimum atomic E-state index is -0.939. The molecular weight excluding hydrogens is 322 g/mol. The molecule has 6 nitrogen and oxygen atoms in total. The van der Waals surface area contributed by atoms with Crippen molar-refractivity contribution >= 4 is 23.2 Å². The number of nitrogens with zero attached hydrogens (tertiary/aromatic N) is 1. The van der Waals surface area contributed by atoms with Crippen molar-refractivity contribution in [2.45, 2.75) is 33.6 Å². The topological polar surface area (TPSA) is 96.2 Å². The molecule has 0 fully saturated rings. The van der Waals surface area contributed by atoms with E-state index in [1.165, 1.54) is 13.2 Å². The molecule has 1 aliphatic carbocycles. The maximum Gasteiger partial charge on any atom is 0.316 e. The molecule has 1 aromatic carbocycles. The number of rotatable bonds is 4. The first kappa shape index (κ1) is 18.7. The number of hydrogen-bond donors (Lipinski definition) is 2. The lowest BCUT2D eigenvalue weighted by atomic mass is 9.67. The number of phenols is 1. The number of phenolic OH excluding ortho intramolecular Hbond substituents is 1. The van der Waals surface area contributed by atoms with Crippen LogP contribution in [0.1, 0.15) is 33.6 Å². The van der Waals surface area contributed by atoms with Crippen LogP contribution in [0.4, 0.5) is 5.69 Å². The molecule has 6 heteroatoms. The number of methoxy groups -OCH3 is 1. The van der Waals surface area contributed by atoms with Crippen molar-refractivity contribution in [2.24, 2.45) is 16.3 Å². The van der Waals surface area contributed by atoms with Crippen LogP contribution in [-0.4, -0.2) is 34.8 Å². The lowest BCUT2D eigenvalue weighted by molar-refractivity contribution is -0.150. The highest BCUT2D eigenvalue weighted by atomic mass is 16.5. The molecule has 2 N–H and O–H groups in total. The number of esters is 1. The van der Waals surface area contributed by atoms with Gasteiger partial charge in [-0.3, -0.25) is 9.59 Å². The van der Waals surface area contributed by atoms with E-state index >= 15 is 0 Å². The first-order valence-corrected chi connectivity index (χ1v) is 8.13. The molecule has 0 radical (unpaired) electrons. The minimum Gasteiger partial charge on any atom is -0.511 e. The van der Waals surface area contributed by atoms with Crippen LogP contribution in [0.5, 0.6) is 5.75 Å². The highest BCUT2D eigenvalue weighted by Gasteiger charge is 2.47. The Kier molecular flexibility index (Phi) is 5.30. The van der Waals surface area contributed by atoms with Crippen molar-refractivity contribution in [1.29, 1.82) is 0 Å². The minimum absolute atomic E-state index is 0.0263. The molecule has 0 unspecified atom stereocenters. The first-order chi connectivity index (χ1) is 11.7. The predicted molar refractivity (Wildman–Crippen MR) is 94.1 cm³/mol. The summed E-state index contributed by atoms with van der Waals surface area (Å²) < 4.78 is 4.81. The summed E-state index contributed by atoms with van der Waals surface area (Å²) in [7, 11) is 1.25. The third-order valence-corrected chi connectivity index (χ3v) is 4.40. The summed E-state index contributed by atoms with van der Waals surface area (Å²) in [6.45, 7) is 5.27. The Morgan fingerprint density at radius 1 is 1.32 bits per heavy atom. The number of aromatic hydroxyl groups is 1. The Balaban J connectivity index is 2.62. The van der Waals surface area contributed by atoms with Crippen LogP contribution in [0.25, 0.3) is 0 Å². The predicted octanol–water partition coefficient (Wildman–Crippen LogP) is 3.48. The van der Waals surface area contributed by atoms with E-state index in [1.807, 2.05) is 0 Å². The number of aliphatic hydroxyl groups excluding tert-OH is 1. The van der Waals surface area contributed by atoms with Crippen molar-refractivity contribution in [2.75, 3.05) is 7.11 Å². The van der Waals surface area contributed by atoms with Crippen LogP contribution >= 0.6 is 0 Å². The Labute approximate surface area is 146 Å². The summed E-state index contributed by atoms with van der Waals surface area (Å²) >= 11 is 0. The lowest BCUT2D eigenvalue weighted by Crippen LogP contribution is -2.41. The maximum absolute atomic E-state index is 12.6. The average Bonchev–Trinajstić information content (AvgIpc) is 2.54. The molecule has 0 heterocycles. The summed E-state index contributed by atoms with van der Waals surface area (Å²) in [5.41, 5.74) is -0.0910. The highest BCUT2D eigenvalue weighted by Crippen LogP contribution is 2.43. The Bertz CT molecular complexity index is 761. The molecule has 0 aromatic heterocycles. The van der Waals surface area contributed by atoms with Crippen LogP contribution in [0.15, 0.2) is 40.6 Å². The average molecular weight is 345 g/mol. The van der Waals surface area contributed by atoms with E-state index in [4.69, 9.17) is 4.74 Å². The van der Waals surface area contributed by atoms with Gasteiger partial charge in [0.15, 0.2) is 5.78 Å². The summed E-state index contributed by atoms with van der Waals surface area (Å²) in [5, 5.41) is 20.6. The number of benzene rings is 1. The van der Waals surface area contributed by atoms with Gasteiger partial charge in [0.2, 0.25) is 0 Å². The van der Waals surface area contributed by atoms with Crippen molar-refractivity contribution < 1.29 is 24.5 Å². The van der Waals surface area contributed by atoms with E-state index in [9.17, 15) is 19.8 Å². The number of aliphatic hydroxyl groups is 1. The van der Waals surface area contributed by atoms with Crippen molar-refractivity contribution in [3.05, 3.63) is 35.6 Å². The van der Waals surface area contributed by atoms with Gasteiger partial charge in [-0.25, -0.2) is 4.99 Å². The SMILES string of the molecule is CCC(=Nc1ccccc1O)C1=C(O)[C@@H](C(=O)OC)C(C)(C)CC1=O. The van der Waals surface area contributed by atoms with Gasteiger partial charge in [0, 0.05) is 6.42 Å². The van der Waals surface area contributed by atoms with Crippen molar-refractivity contribution in [3.8, 4) is 5.75 Å². The normalized spacial score (nSPS) is 20.6. The van der Waals surface area contributed by atoms with E-state index in [-0.39, 0.29) is 29.3 Å². The van der Waals surface area contributed by atoms with Gasteiger partial charge < -0.3 is 14.9 Å². The van der Waals surface area contributed by atoms with Gasteiger partial charge in [0.25, 0.3) is 0 Å². The highest BCUT2D eigenvalue weighted by molar-refractivity contribution is 6.24. The number of carbonyl (C=O) groups is 2. The van der Waals surface area contributed by atoms with E-state index in [0.29, 0.717) is 17.8 Å². The Morgan fingerprint density at radius 3 is 2.52 bits per heavy atom. The molecule has 25 heavy (non-hydrogen) atoms. The largest absolute Gasteiger partial charge is 0.511 e. The van der Waals surface area contributed by atoms with Crippen LogP contribution in [0, 0.1) is 11.3 Å². The standard InChI is InChI=1S/C19H23NO5/c1-5-11(20-12-8-6-7-9-13(12)21)15-14(22)10-19(2,3)16(17(15)23)18(24)25-4/h6-9,16,21,23H,5,10H2,1-4H3/t16-/m0/s1. The molecule has 1 aliphatic rings. The molecule has 0 bridgehead atoms. The van der Waals surface area contributed by atoms with Gasteiger partial charge in [-0.1, -0.05) is 32.9 Å². The number of ether oxygens (including phenoxy) is 1. The fourth-order valence-electron chi connectivity index (χ4n) is 3.13. The number of hydrogen-bond acceptors (Lipinski definition) is 6. The number of carbonyl (C=O) groups excluding carboxylic acids is 2. The Morgan fingerprint density at radius 2 is 1.96 bits per heavy atom. The third kappa shape index (κ3) is 3.57. The summed E-state index contributed by atoms with van der Waals surface area (Å²) in [6.07, 6.45) is 0.444. The summed E-state index contributed by atoms with van der Waals surface area (Å²) in [6, 6.07) is 6.47. The molecule has 0 amide bonds. The van der Waals surface area contributed by atoms with Crippen LogP contribution in [0.3, 0.4) is 0 Å². The fourth-order valence-corrected chi connectivity index (χ4v) is 3.13. The smallest absolute Gasteiger partial charge is 0.316 e. The van der Waals surface area contributed by atoms with Gasteiger partial charge in [-0.2, -0.15) is 0 Å². The van der Waals surface area contributed by atoms with E-state index in [1.54, 1.807) is 39.0 Å². The monoisotopic (exact) mass is 345 g/mol. The molecule has 0 saturated carbocycles. The zero-order valence-electron chi connectivity index (χ0n) is 14.9. The van der Waals surface area contributed by atoms with Crippen LogP contribution in [-0.2, 0) is 14.3 Å². The molecule has 0 spiro atoms.